The van der Waals surface area contributed by atoms with Gasteiger partial charge in [-0.25, -0.2) is 0 Å². The topological polar surface area (TPSA) is 42.2 Å². The molecule has 1 aromatic carbocycles. The van der Waals surface area contributed by atoms with Crippen LogP contribution < -0.4 is 0 Å². The lowest BCUT2D eigenvalue weighted by molar-refractivity contribution is -0.137. The predicted octanol–water partition coefficient (Wildman–Crippen LogP) is 3.66. The number of rotatable bonds is 7. The van der Waals surface area contributed by atoms with Gasteiger partial charge in [0.15, 0.2) is 0 Å². The molecule has 0 aliphatic carbocycles. The molecule has 0 fully saturated rings. The Hall–Kier alpha value is -2.03. The van der Waals surface area contributed by atoms with Crippen LogP contribution in [-0.4, -0.2) is 15.6 Å². The molecule has 0 radical (unpaired) electrons. The van der Waals surface area contributed by atoms with Crippen LogP contribution in [0.25, 0.3) is 5.69 Å². The summed E-state index contributed by atoms with van der Waals surface area (Å²) < 4.78 is 2.08. The van der Waals surface area contributed by atoms with Crippen molar-refractivity contribution in [2.24, 2.45) is 0 Å². The Morgan fingerprint density at radius 1 is 1.00 bits per heavy atom. The minimum absolute atomic E-state index is 0.284. The summed E-state index contributed by atoms with van der Waals surface area (Å²) in [6, 6.07) is 12.5. The van der Waals surface area contributed by atoms with Crippen molar-refractivity contribution in [3.8, 4) is 5.69 Å². The van der Waals surface area contributed by atoms with Crippen molar-refractivity contribution >= 4 is 5.97 Å². The third-order valence-corrected chi connectivity index (χ3v) is 3.20. The molecule has 3 nitrogen and oxygen atoms in total. The fraction of sp³-hybridized carbons (Fsp3) is 0.312. The number of aliphatic carboxylic acids is 1. The van der Waals surface area contributed by atoms with Crippen molar-refractivity contribution in [3.05, 3.63) is 54.4 Å². The van der Waals surface area contributed by atoms with Gasteiger partial charge in [0.05, 0.1) is 0 Å². The largest absolute Gasteiger partial charge is 0.481 e. The normalized spacial score (nSPS) is 10.5. The van der Waals surface area contributed by atoms with E-state index in [0.717, 1.165) is 25.7 Å². The van der Waals surface area contributed by atoms with Crippen molar-refractivity contribution in [3.63, 3.8) is 0 Å². The Morgan fingerprint density at radius 2 is 1.68 bits per heavy atom. The average molecular weight is 257 g/mol. The molecule has 0 bridgehead atoms. The quantitative estimate of drug-likeness (QED) is 0.769. The lowest BCUT2D eigenvalue weighted by atomic mass is 10.1. The first-order valence-corrected chi connectivity index (χ1v) is 6.70. The monoisotopic (exact) mass is 257 g/mol. The minimum Gasteiger partial charge on any atom is -0.481 e. The lowest BCUT2D eigenvalue weighted by Crippen LogP contribution is -1.94. The SMILES string of the molecule is O=C(O)CCCCCc1ccc(-n2cccc2)cc1. The Balaban J connectivity index is 1.78. The standard InChI is InChI=1S/C16H19NO2/c18-16(19)7-3-1-2-6-14-8-10-15(11-9-14)17-12-4-5-13-17/h4-5,8-13H,1-3,6-7H2,(H,18,19). The maximum atomic E-state index is 10.4. The molecule has 100 valence electrons. The van der Waals surface area contributed by atoms with Crippen LogP contribution >= 0.6 is 0 Å². The summed E-state index contributed by atoms with van der Waals surface area (Å²) in [6.07, 6.45) is 8.17. The van der Waals surface area contributed by atoms with E-state index in [1.54, 1.807) is 0 Å². The van der Waals surface area contributed by atoms with Crippen molar-refractivity contribution < 1.29 is 9.90 Å². The van der Waals surface area contributed by atoms with Crippen LogP contribution in [0.4, 0.5) is 0 Å². The first kappa shape index (κ1) is 13.4. The fourth-order valence-electron chi connectivity index (χ4n) is 2.12. The van der Waals surface area contributed by atoms with E-state index in [0.29, 0.717) is 0 Å². The molecule has 0 aliphatic rings. The zero-order chi connectivity index (χ0) is 13.5. The molecule has 0 saturated carbocycles. The summed E-state index contributed by atoms with van der Waals surface area (Å²) in [5, 5.41) is 8.55. The highest BCUT2D eigenvalue weighted by Crippen LogP contribution is 2.12. The zero-order valence-electron chi connectivity index (χ0n) is 11.0. The number of carboxylic acids is 1. The van der Waals surface area contributed by atoms with E-state index in [4.69, 9.17) is 5.11 Å². The van der Waals surface area contributed by atoms with Gasteiger partial charge in [-0.15, -0.1) is 0 Å². The summed E-state index contributed by atoms with van der Waals surface area (Å²) in [4.78, 5) is 10.4. The van der Waals surface area contributed by atoms with Gasteiger partial charge in [0, 0.05) is 24.5 Å². The Labute approximate surface area is 113 Å². The first-order chi connectivity index (χ1) is 9.25. The second-order valence-electron chi connectivity index (χ2n) is 4.71. The van der Waals surface area contributed by atoms with E-state index in [1.165, 1.54) is 11.3 Å². The van der Waals surface area contributed by atoms with Gasteiger partial charge in [0.1, 0.15) is 0 Å². The van der Waals surface area contributed by atoms with E-state index >= 15 is 0 Å². The molecule has 0 atom stereocenters. The number of hydrogen-bond acceptors (Lipinski definition) is 1. The third-order valence-electron chi connectivity index (χ3n) is 3.20. The smallest absolute Gasteiger partial charge is 0.303 e. The van der Waals surface area contributed by atoms with E-state index in [2.05, 4.69) is 28.8 Å². The second-order valence-corrected chi connectivity index (χ2v) is 4.71. The number of carbonyl (C=O) groups is 1. The van der Waals surface area contributed by atoms with Gasteiger partial charge in [0.2, 0.25) is 0 Å². The predicted molar refractivity (Wildman–Crippen MR) is 75.6 cm³/mol. The maximum Gasteiger partial charge on any atom is 0.303 e. The maximum absolute atomic E-state index is 10.4. The highest BCUT2D eigenvalue weighted by molar-refractivity contribution is 5.66. The van der Waals surface area contributed by atoms with Crippen molar-refractivity contribution in [1.82, 2.24) is 4.57 Å². The molecule has 0 saturated heterocycles. The highest BCUT2D eigenvalue weighted by atomic mass is 16.4. The van der Waals surface area contributed by atoms with E-state index in [9.17, 15) is 4.79 Å². The fourth-order valence-corrected chi connectivity index (χ4v) is 2.12. The van der Waals surface area contributed by atoms with Crippen LogP contribution in [0.5, 0.6) is 0 Å². The van der Waals surface area contributed by atoms with Gasteiger partial charge in [0.25, 0.3) is 0 Å². The van der Waals surface area contributed by atoms with Gasteiger partial charge >= 0.3 is 5.97 Å². The van der Waals surface area contributed by atoms with Gasteiger partial charge in [-0.3, -0.25) is 4.79 Å². The van der Waals surface area contributed by atoms with Crippen LogP contribution in [0.2, 0.25) is 0 Å². The number of aryl methyl sites for hydroxylation is 1. The van der Waals surface area contributed by atoms with E-state index in [-0.39, 0.29) is 6.42 Å². The van der Waals surface area contributed by atoms with Crippen LogP contribution in [0.1, 0.15) is 31.2 Å². The zero-order valence-corrected chi connectivity index (χ0v) is 11.0. The lowest BCUT2D eigenvalue weighted by Gasteiger charge is -2.05. The van der Waals surface area contributed by atoms with E-state index in [1.807, 2.05) is 24.5 Å². The summed E-state index contributed by atoms with van der Waals surface area (Å²) in [5.41, 5.74) is 2.48. The molecule has 1 aromatic heterocycles. The Kier molecular flexibility index (Phi) is 4.78. The molecule has 0 spiro atoms. The Bertz CT molecular complexity index is 500. The van der Waals surface area contributed by atoms with E-state index < -0.39 is 5.97 Å². The van der Waals surface area contributed by atoms with Crippen LogP contribution in [0, 0.1) is 0 Å². The number of carboxylic acid groups (broad SMARTS) is 1. The number of unbranched alkanes of at least 4 members (excludes halogenated alkanes) is 2. The van der Waals surface area contributed by atoms with Gasteiger partial charge < -0.3 is 9.67 Å². The van der Waals surface area contributed by atoms with Crippen LogP contribution in [-0.2, 0) is 11.2 Å². The molecule has 0 aliphatic heterocycles. The van der Waals surface area contributed by atoms with Crippen molar-refractivity contribution in [2.45, 2.75) is 32.1 Å². The highest BCUT2D eigenvalue weighted by Gasteiger charge is 1.99. The first-order valence-electron chi connectivity index (χ1n) is 6.70. The summed E-state index contributed by atoms with van der Waals surface area (Å²) in [7, 11) is 0. The summed E-state index contributed by atoms with van der Waals surface area (Å²) in [6.45, 7) is 0. The number of benzene rings is 1. The molecule has 3 heteroatoms. The average Bonchev–Trinajstić information content (AvgIpc) is 2.93. The van der Waals surface area contributed by atoms with Crippen LogP contribution in [0.15, 0.2) is 48.8 Å². The molecule has 2 aromatic rings. The molecule has 19 heavy (non-hydrogen) atoms. The van der Waals surface area contributed by atoms with Crippen molar-refractivity contribution in [2.75, 3.05) is 0 Å². The van der Waals surface area contributed by atoms with Gasteiger partial charge in [-0.05, 0) is 49.1 Å². The third kappa shape index (κ3) is 4.28. The second kappa shape index (κ2) is 6.78. The number of hydrogen-bond donors (Lipinski definition) is 1. The van der Waals surface area contributed by atoms with Crippen LogP contribution in [0.3, 0.4) is 0 Å². The molecule has 1 heterocycles. The molecule has 2 rings (SSSR count). The Morgan fingerprint density at radius 3 is 2.32 bits per heavy atom. The molecular weight excluding hydrogens is 238 g/mol. The molecule has 1 N–H and O–H groups in total. The van der Waals surface area contributed by atoms with Crippen molar-refractivity contribution in [1.29, 1.82) is 0 Å². The number of nitrogens with zero attached hydrogens (tertiary/aromatic N) is 1. The summed E-state index contributed by atoms with van der Waals surface area (Å²) in [5.74, 6) is -0.698. The number of aromatic nitrogens is 1. The minimum atomic E-state index is -0.698. The van der Waals surface area contributed by atoms with Gasteiger partial charge in [-0.2, -0.15) is 0 Å². The molecule has 0 amide bonds. The molecular formula is C16H19NO2. The molecule has 0 unspecified atom stereocenters. The van der Waals surface area contributed by atoms with Gasteiger partial charge in [-0.1, -0.05) is 18.6 Å². The summed E-state index contributed by atoms with van der Waals surface area (Å²) >= 11 is 0.